The van der Waals surface area contributed by atoms with Crippen LogP contribution in [0.3, 0.4) is 0 Å². The van der Waals surface area contributed by atoms with Gasteiger partial charge < -0.3 is 24.8 Å². The number of nitrogens with one attached hydrogen (secondary N) is 1. The molecule has 178 valence electrons. The number of methoxy groups -OCH3 is 1. The Morgan fingerprint density at radius 2 is 2.09 bits per heavy atom. The number of aliphatic hydroxyl groups excluding tert-OH is 1. The van der Waals surface area contributed by atoms with Crippen molar-refractivity contribution in [2.45, 2.75) is 12.2 Å². The summed E-state index contributed by atoms with van der Waals surface area (Å²) in [6.07, 6.45) is -3.12. The molecule has 34 heavy (non-hydrogen) atoms. The van der Waals surface area contributed by atoms with Gasteiger partial charge in [-0.15, -0.1) is 0 Å². The Morgan fingerprint density at radius 1 is 1.29 bits per heavy atom. The van der Waals surface area contributed by atoms with E-state index in [9.17, 15) is 23.1 Å². The number of carbonyl (C=O) groups excluding carboxylic acids is 1. The van der Waals surface area contributed by atoms with Gasteiger partial charge in [0.15, 0.2) is 11.6 Å². The van der Waals surface area contributed by atoms with Crippen LogP contribution in [0.25, 0.3) is 0 Å². The number of aromatic nitrogens is 1. The third-order valence-corrected chi connectivity index (χ3v) is 5.52. The lowest BCUT2D eigenvalue weighted by molar-refractivity contribution is -0.138. The van der Waals surface area contributed by atoms with E-state index in [2.05, 4.69) is 10.3 Å². The Balaban J connectivity index is 1.71. The van der Waals surface area contributed by atoms with Crippen LogP contribution in [-0.4, -0.2) is 42.4 Å². The molecule has 3 aromatic rings. The molecule has 0 aliphatic carbocycles. The van der Waals surface area contributed by atoms with Crippen LogP contribution >= 0.6 is 11.6 Å². The first-order valence-electron chi connectivity index (χ1n) is 10.1. The molecule has 1 amide bonds. The predicted octanol–water partition coefficient (Wildman–Crippen LogP) is 4.91. The maximum Gasteiger partial charge on any atom is 0.420 e. The quantitative estimate of drug-likeness (QED) is 0.525. The Morgan fingerprint density at radius 3 is 2.76 bits per heavy atom. The molecule has 4 rings (SSSR count). The molecule has 1 aliphatic rings. The molecule has 1 aliphatic heterocycles. The molecule has 2 heterocycles. The number of halogens is 4. The zero-order valence-corrected chi connectivity index (χ0v) is 18.5. The summed E-state index contributed by atoms with van der Waals surface area (Å²) in [5.74, 6) is -0.472. The van der Waals surface area contributed by atoms with Gasteiger partial charge in [-0.3, -0.25) is 4.79 Å². The zero-order valence-electron chi connectivity index (χ0n) is 17.8. The normalized spacial score (nSPS) is 15.4. The van der Waals surface area contributed by atoms with E-state index in [1.165, 1.54) is 12.1 Å². The van der Waals surface area contributed by atoms with Crippen molar-refractivity contribution in [2.75, 3.05) is 30.5 Å². The van der Waals surface area contributed by atoms with Gasteiger partial charge >= 0.3 is 6.18 Å². The number of anilines is 3. The number of fused-ring (bicyclic) bond motifs is 1. The van der Waals surface area contributed by atoms with Crippen LogP contribution in [0.4, 0.5) is 30.4 Å². The molecule has 0 saturated carbocycles. The Bertz CT molecular complexity index is 1220. The van der Waals surface area contributed by atoms with Crippen LogP contribution in [0.2, 0.25) is 5.02 Å². The van der Waals surface area contributed by atoms with Crippen molar-refractivity contribution in [1.82, 2.24) is 4.98 Å². The van der Waals surface area contributed by atoms with Gasteiger partial charge in [-0.2, -0.15) is 13.2 Å². The molecule has 0 radical (unpaired) electrons. The number of alkyl halides is 3. The van der Waals surface area contributed by atoms with Gasteiger partial charge in [0, 0.05) is 11.9 Å². The highest BCUT2D eigenvalue weighted by molar-refractivity contribution is 6.33. The van der Waals surface area contributed by atoms with E-state index in [0.717, 1.165) is 19.2 Å². The van der Waals surface area contributed by atoms with Crippen molar-refractivity contribution in [1.29, 1.82) is 0 Å². The molecule has 0 saturated heterocycles. The van der Waals surface area contributed by atoms with Crippen molar-refractivity contribution >= 4 is 34.7 Å². The molecular weight excluding hydrogens is 475 g/mol. The van der Waals surface area contributed by atoms with Crippen molar-refractivity contribution in [3.8, 4) is 11.5 Å². The first-order chi connectivity index (χ1) is 16.2. The Labute approximate surface area is 197 Å². The number of hydrogen-bond donors (Lipinski definition) is 2. The van der Waals surface area contributed by atoms with Gasteiger partial charge in [-0.25, -0.2) is 4.98 Å². The molecule has 0 spiro atoms. The average molecular weight is 494 g/mol. The molecule has 0 fully saturated rings. The fourth-order valence-electron chi connectivity index (χ4n) is 3.68. The number of ether oxygens (including phenoxy) is 2. The van der Waals surface area contributed by atoms with Crippen LogP contribution in [0, 0.1) is 0 Å². The maximum absolute atomic E-state index is 13.4. The van der Waals surface area contributed by atoms with E-state index in [4.69, 9.17) is 21.1 Å². The minimum absolute atomic E-state index is 0.0292. The van der Waals surface area contributed by atoms with Crippen molar-refractivity contribution in [3.63, 3.8) is 0 Å². The van der Waals surface area contributed by atoms with E-state index in [1.807, 2.05) is 0 Å². The van der Waals surface area contributed by atoms with Gasteiger partial charge in [0.2, 0.25) is 0 Å². The lowest BCUT2D eigenvalue weighted by Crippen LogP contribution is -2.43. The van der Waals surface area contributed by atoms with Gasteiger partial charge in [0.1, 0.15) is 12.4 Å². The number of rotatable bonds is 5. The fraction of sp³-hybridized carbons (Fsp3) is 0.217. The SMILES string of the molecule is COc1ccc(NC(=O)c2cccc3c2OCC(CO)N3c2ncccc2Cl)cc1C(F)(F)F. The van der Waals surface area contributed by atoms with E-state index in [-0.39, 0.29) is 36.0 Å². The highest BCUT2D eigenvalue weighted by Gasteiger charge is 2.35. The molecule has 2 aromatic carbocycles. The largest absolute Gasteiger partial charge is 0.496 e. The molecule has 7 nitrogen and oxygen atoms in total. The van der Waals surface area contributed by atoms with Crippen molar-refractivity contribution in [3.05, 3.63) is 70.9 Å². The third-order valence-electron chi connectivity index (χ3n) is 5.22. The van der Waals surface area contributed by atoms with Gasteiger partial charge in [-0.05, 0) is 42.5 Å². The number of carbonyl (C=O) groups is 1. The lowest BCUT2D eigenvalue weighted by Gasteiger charge is -2.37. The number of hydrogen-bond acceptors (Lipinski definition) is 6. The second-order valence-corrected chi connectivity index (χ2v) is 7.75. The van der Waals surface area contributed by atoms with E-state index < -0.39 is 23.7 Å². The minimum Gasteiger partial charge on any atom is -0.496 e. The second-order valence-electron chi connectivity index (χ2n) is 7.35. The van der Waals surface area contributed by atoms with Crippen LogP contribution in [-0.2, 0) is 6.18 Å². The highest BCUT2D eigenvalue weighted by Crippen LogP contribution is 2.43. The summed E-state index contributed by atoms with van der Waals surface area (Å²) >= 11 is 6.32. The topological polar surface area (TPSA) is 83.9 Å². The summed E-state index contributed by atoms with van der Waals surface area (Å²) in [7, 11) is 1.13. The molecule has 11 heteroatoms. The standard InChI is InChI=1S/C23H19ClF3N3O4/c1-33-19-8-7-13(10-16(19)23(25,26)27)29-22(32)15-4-2-6-18-20(15)34-12-14(11-31)30(18)21-17(24)5-3-9-28-21/h2-10,14,31H,11-12H2,1H3,(H,29,32). The van der Waals surface area contributed by atoms with Crippen LogP contribution in [0.5, 0.6) is 11.5 Å². The summed E-state index contributed by atoms with van der Waals surface area (Å²) in [6, 6.07) is 10.8. The third kappa shape index (κ3) is 4.46. The number of para-hydroxylation sites is 1. The predicted molar refractivity (Wildman–Crippen MR) is 120 cm³/mol. The minimum atomic E-state index is -4.66. The van der Waals surface area contributed by atoms with E-state index in [0.29, 0.717) is 16.5 Å². The number of aliphatic hydroxyl groups is 1. The lowest BCUT2D eigenvalue weighted by atomic mass is 10.1. The zero-order chi connectivity index (χ0) is 24.5. The van der Waals surface area contributed by atoms with E-state index in [1.54, 1.807) is 35.4 Å². The summed E-state index contributed by atoms with van der Waals surface area (Å²) in [5, 5.41) is 12.7. The molecule has 1 unspecified atom stereocenters. The molecular formula is C23H19ClF3N3O4. The van der Waals surface area contributed by atoms with Crippen LogP contribution < -0.4 is 19.7 Å². The number of benzene rings is 2. The van der Waals surface area contributed by atoms with Gasteiger partial charge in [-0.1, -0.05) is 17.7 Å². The summed E-state index contributed by atoms with van der Waals surface area (Å²) < 4.78 is 50.6. The number of pyridine rings is 1. The molecule has 1 aromatic heterocycles. The average Bonchev–Trinajstić information content (AvgIpc) is 2.82. The second kappa shape index (κ2) is 9.40. The summed E-state index contributed by atoms with van der Waals surface area (Å²) in [4.78, 5) is 19.0. The molecule has 2 N–H and O–H groups in total. The fourth-order valence-corrected chi connectivity index (χ4v) is 3.89. The Kier molecular flexibility index (Phi) is 6.54. The Hall–Kier alpha value is -3.50. The monoisotopic (exact) mass is 493 g/mol. The van der Waals surface area contributed by atoms with Crippen LogP contribution in [0.1, 0.15) is 15.9 Å². The van der Waals surface area contributed by atoms with Crippen molar-refractivity contribution < 1.29 is 32.5 Å². The van der Waals surface area contributed by atoms with Gasteiger partial charge in [0.25, 0.3) is 5.91 Å². The highest BCUT2D eigenvalue weighted by atomic mass is 35.5. The van der Waals surface area contributed by atoms with E-state index >= 15 is 0 Å². The number of nitrogens with zero attached hydrogens (tertiary/aromatic N) is 2. The summed E-state index contributed by atoms with van der Waals surface area (Å²) in [6.45, 7) is -0.240. The van der Waals surface area contributed by atoms with Gasteiger partial charge in [0.05, 0.1) is 41.6 Å². The maximum atomic E-state index is 13.4. The van der Waals surface area contributed by atoms with Crippen molar-refractivity contribution in [2.24, 2.45) is 0 Å². The summed E-state index contributed by atoms with van der Waals surface area (Å²) in [5.41, 5.74) is -0.551. The smallest absolute Gasteiger partial charge is 0.420 e. The van der Waals surface area contributed by atoms with Crippen LogP contribution in [0.15, 0.2) is 54.7 Å². The number of amides is 1. The molecule has 0 bridgehead atoms. The first-order valence-corrected chi connectivity index (χ1v) is 10.5. The first kappa shape index (κ1) is 23.7. The molecule has 1 atom stereocenters.